The molecule has 0 aliphatic rings. The van der Waals surface area contributed by atoms with Crippen LogP contribution in [0.15, 0.2) is 29.3 Å². The van der Waals surface area contributed by atoms with Crippen molar-refractivity contribution in [3.63, 3.8) is 0 Å². The van der Waals surface area contributed by atoms with E-state index in [1.165, 1.54) is 7.11 Å². The minimum Gasteiger partial charge on any atom is -0.465 e. The summed E-state index contributed by atoms with van der Waals surface area (Å²) in [5.74, 6) is -1.19. The van der Waals surface area contributed by atoms with Crippen LogP contribution in [-0.2, 0) is 19.1 Å². The van der Waals surface area contributed by atoms with Crippen LogP contribution in [0.2, 0.25) is 0 Å². The van der Waals surface area contributed by atoms with Gasteiger partial charge < -0.3 is 9.47 Å². The summed E-state index contributed by atoms with van der Waals surface area (Å²) in [7, 11) is 1.24. The minimum atomic E-state index is -0.651. The van der Waals surface area contributed by atoms with Crippen LogP contribution in [0.25, 0.3) is 0 Å². The van der Waals surface area contributed by atoms with Crippen molar-refractivity contribution in [1.82, 2.24) is 0 Å². The number of ketones is 1. The second kappa shape index (κ2) is 8.38. The van der Waals surface area contributed by atoms with Crippen LogP contribution in [-0.4, -0.2) is 37.2 Å². The molecule has 1 rings (SSSR count). The molecule has 0 N–H and O–H groups in total. The lowest BCUT2D eigenvalue weighted by Crippen LogP contribution is -2.27. The third-order valence-electron chi connectivity index (χ3n) is 3.23. The van der Waals surface area contributed by atoms with Gasteiger partial charge in [-0.15, -0.1) is 0 Å². The van der Waals surface area contributed by atoms with Gasteiger partial charge in [-0.3, -0.25) is 4.79 Å². The van der Waals surface area contributed by atoms with Gasteiger partial charge in [0.1, 0.15) is 11.5 Å². The molecule has 1 aromatic rings. The van der Waals surface area contributed by atoms with Gasteiger partial charge in [0.25, 0.3) is 0 Å². The summed E-state index contributed by atoms with van der Waals surface area (Å²) in [5, 5.41) is 0. The molecule has 0 aliphatic heterocycles. The molecule has 0 radical (unpaired) electrons. The number of carbonyl (C=O) groups excluding carboxylic acids is 3. The molecule has 0 saturated heterocycles. The van der Waals surface area contributed by atoms with Crippen LogP contribution in [0, 0.1) is 5.41 Å². The van der Waals surface area contributed by atoms with Crippen molar-refractivity contribution in [1.29, 1.82) is 0 Å². The molecule has 0 bridgehead atoms. The molecule has 0 aliphatic carbocycles. The highest BCUT2D eigenvalue weighted by Gasteiger charge is 2.26. The highest BCUT2D eigenvalue weighted by molar-refractivity contribution is 6.40. The van der Waals surface area contributed by atoms with Crippen LogP contribution >= 0.6 is 0 Å². The van der Waals surface area contributed by atoms with Crippen molar-refractivity contribution >= 4 is 29.1 Å². The van der Waals surface area contributed by atoms with E-state index in [4.69, 9.17) is 9.47 Å². The molecule has 0 saturated carbocycles. The lowest BCUT2D eigenvalue weighted by molar-refractivity contribution is -0.134. The van der Waals surface area contributed by atoms with Crippen LogP contribution in [0.3, 0.4) is 0 Å². The molecule has 0 aromatic heterocycles. The summed E-state index contributed by atoms with van der Waals surface area (Å²) >= 11 is 0. The highest BCUT2D eigenvalue weighted by atomic mass is 16.5. The molecule has 6 nitrogen and oxygen atoms in total. The van der Waals surface area contributed by atoms with E-state index in [1.54, 1.807) is 52.0 Å². The fraction of sp³-hybridized carbons (Fsp3) is 0.444. The molecule has 24 heavy (non-hydrogen) atoms. The number of esters is 2. The fourth-order valence-electron chi connectivity index (χ4n) is 1.73. The van der Waals surface area contributed by atoms with Crippen LogP contribution in [0.4, 0.5) is 5.69 Å². The van der Waals surface area contributed by atoms with Gasteiger partial charge >= 0.3 is 11.9 Å². The van der Waals surface area contributed by atoms with Gasteiger partial charge in [-0.05, 0) is 31.2 Å². The van der Waals surface area contributed by atoms with Crippen molar-refractivity contribution < 1.29 is 23.9 Å². The summed E-state index contributed by atoms with van der Waals surface area (Å²) in [5.41, 5.74) is 0.287. The third-order valence-corrected chi connectivity index (χ3v) is 3.23. The Hall–Kier alpha value is -2.50. The Morgan fingerprint density at radius 3 is 2.12 bits per heavy atom. The van der Waals surface area contributed by atoms with Crippen molar-refractivity contribution in [3.8, 4) is 0 Å². The smallest absolute Gasteiger partial charge is 0.352 e. The third kappa shape index (κ3) is 5.61. The molecule has 1 aromatic carbocycles. The molecule has 0 unspecified atom stereocenters. The largest absolute Gasteiger partial charge is 0.465 e. The summed E-state index contributed by atoms with van der Waals surface area (Å²) in [6.07, 6.45) is -0.115. The Labute approximate surface area is 141 Å². The zero-order valence-electron chi connectivity index (χ0n) is 14.7. The maximum atomic E-state index is 12.2. The predicted octanol–water partition coefficient (Wildman–Crippen LogP) is 3.11. The molecular weight excluding hydrogens is 310 g/mol. The molecule has 0 spiro atoms. The SMILES string of the molecule is CCOC(=O)c1ccc(N=C(CC(=O)C(C)(C)C)C(=O)OC)cc1. The van der Waals surface area contributed by atoms with Crippen molar-refractivity contribution in [2.24, 2.45) is 10.4 Å². The van der Waals surface area contributed by atoms with Gasteiger partial charge in [0, 0.05) is 5.41 Å². The van der Waals surface area contributed by atoms with Crippen LogP contribution in [0.1, 0.15) is 44.5 Å². The molecule has 130 valence electrons. The Morgan fingerprint density at radius 2 is 1.67 bits per heavy atom. The summed E-state index contributed by atoms with van der Waals surface area (Å²) < 4.78 is 9.60. The summed E-state index contributed by atoms with van der Waals surface area (Å²) in [4.78, 5) is 39.8. The van der Waals surface area contributed by atoms with E-state index >= 15 is 0 Å². The zero-order valence-corrected chi connectivity index (χ0v) is 14.7. The lowest BCUT2D eigenvalue weighted by atomic mass is 9.88. The molecule has 0 amide bonds. The molecular formula is C18H23NO5. The quantitative estimate of drug-likeness (QED) is 0.590. The Morgan fingerprint density at radius 1 is 1.08 bits per heavy atom. The molecule has 0 fully saturated rings. The maximum Gasteiger partial charge on any atom is 0.352 e. The fourth-order valence-corrected chi connectivity index (χ4v) is 1.73. The Kier molecular flexibility index (Phi) is 6.82. The number of carbonyl (C=O) groups is 3. The van der Waals surface area contributed by atoms with Crippen molar-refractivity contribution in [2.75, 3.05) is 13.7 Å². The number of hydrogen-bond acceptors (Lipinski definition) is 6. The van der Waals surface area contributed by atoms with Crippen LogP contribution < -0.4 is 0 Å². The van der Waals surface area contributed by atoms with Crippen molar-refractivity contribution in [2.45, 2.75) is 34.1 Å². The second-order valence-corrected chi connectivity index (χ2v) is 6.17. The van der Waals surface area contributed by atoms with Gasteiger partial charge in [0.2, 0.25) is 0 Å². The number of methoxy groups -OCH3 is 1. The van der Waals surface area contributed by atoms with E-state index < -0.39 is 17.4 Å². The average Bonchev–Trinajstić information content (AvgIpc) is 2.53. The standard InChI is InChI=1S/C18H23NO5/c1-6-24-16(21)12-7-9-13(10-8-12)19-14(17(22)23-5)11-15(20)18(2,3)4/h7-10H,6,11H2,1-5H3. The van der Waals surface area contributed by atoms with E-state index in [2.05, 4.69) is 4.99 Å². The van der Waals surface area contributed by atoms with E-state index in [1.807, 2.05) is 0 Å². The number of nitrogens with zero attached hydrogens (tertiary/aromatic N) is 1. The van der Waals surface area contributed by atoms with Gasteiger partial charge in [0.15, 0.2) is 0 Å². The molecule has 0 atom stereocenters. The number of ether oxygens (including phenoxy) is 2. The van der Waals surface area contributed by atoms with E-state index in [-0.39, 0.29) is 17.9 Å². The Balaban J connectivity index is 3.04. The highest BCUT2D eigenvalue weighted by Crippen LogP contribution is 2.20. The van der Waals surface area contributed by atoms with Gasteiger partial charge in [0.05, 0.1) is 31.4 Å². The summed E-state index contributed by atoms with van der Waals surface area (Å²) in [6.45, 7) is 7.35. The van der Waals surface area contributed by atoms with E-state index in [0.29, 0.717) is 17.9 Å². The normalized spacial score (nSPS) is 11.8. The van der Waals surface area contributed by atoms with Gasteiger partial charge in [-0.2, -0.15) is 0 Å². The van der Waals surface area contributed by atoms with Crippen LogP contribution in [0.5, 0.6) is 0 Å². The number of benzene rings is 1. The monoisotopic (exact) mass is 333 g/mol. The average molecular weight is 333 g/mol. The number of hydrogen-bond donors (Lipinski definition) is 0. The Bertz CT molecular complexity index is 638. The minimum absolute atomic E-state index is 0.0290. The first kappa shape index (κ1) is 19.5. The number of rotatable bonds is 6. The topological polar surface area (TPSA) is 82.0 Å². The molecule has 0 heterocycles. The summed E-state index contributed by atoms with van der Waals surface area (Å²) in [6, 6.07) is 6.27. The van der Waals surface area contributed by atoms with Gasteiger partial charge in [-0.1, -0.05) is 20.8 Å². The first-order valence-electron chi connectivity index (χ1n) is 7.65. The maximum absolute atomic E-state index is 12.2. The zero-order chi connectivity index (χ0) is 18.3. The van der Waals surface area contributed by atoms with Gasteiger partial charge in [-0.25, -0.2) is 14.6 Å². The van der Waals surface area contributed by atoms with E-state index in [9.17, 15) is 14.4 Å². The molecule has 6 heteroatoms. The number of Topliss-reactive ketones (excluding diaryl/α,β-unsaturated/α-hetero) is 1. The number of aliphatic imine (C=N–C) groups is 1. The predicted molar refractivity (Wildman–Crippen MR) is 90.6 cm³/mol. The van der Waals surface area contributed by atoms with E-state index in [0.717, 1.165) is 0 Å². The first-order chi connectivity index (χ1) is 11.2. The first-order valence-corrected chi connectivity index (χ1v) is 7.65. The second-order valence-electron chi connectivity index (χ2n) is 6.17. The lowest BCUT2D eigenvalue weighted by Gasteiger charge is -2.16. The van der Waals surface area contributed by atoms with Crippen molar-refractivity contribution in [3.05, 3.63) is 29.8 Å².